The Labute approximate surface area is 242 Å². The van der Waals surface area contributed by atoms with Gasteiger partial charge in [-0.05, 0) is 60.3 Å². The molecule has 1 saturated heterocycles. The van der Waals surface area contributed by atoms with E-state index in [1.54, 1.807) is 11.2 Å². The highest BCUT2D eigenvalue weighted by atomic mass is 16.1. The monoisotopic (exact) mass is 549 g/mol. The van der Waals surface area contributed by atoms with E-state index < -0.39 is 0 Å². The molecule has 1 amide bonds. The van der Waals surface area contributed by atoms with Crippen LogP contribution >= 0.6 is 0 Å². The molecule has 5 rings (SSSR count). The average molecular weight is 550 g/mol. The first-order valence-corrected chi connectivity index (χ1v) is 14.3. The van der Waals surface area contributed by atoms with E-state index in [1.807, 2.05) is 37.3 Å². The first-order valence-electron chi connectivity index (χ1n) is 14.3. The third-order valence-electron chi connectivity index (χ3n) is 7.69. The number of nitrogens with one attached hydrogen (secondary N) is 1. The third-order valence-corrected chi connectivity index (χ3v) is 7.69. The number of amides is 1. The number of rotatable bonds is 5. The van der Waals surface area contributed by atoms with Gasteiger partial charge in [0, 0.05) is 61.9 Å². The number of hydrogen-bond donors (Lipinski definition) is 1. The number of carbonyl (C=O) groups is 1. The lowest BCUT2D eigenvalue weighted by atomic mass is 9.82. The second kappa shape index (κ2) is 11.7. The van der Waals surface area contributed by atoms with Crippen LogP contribution in [0.3, 0.4) is 0 Å². The normalized spacial score (nSPS) is 16.9. The van der Waals surface area contributed by atoms with Gasteiger partial charge in [-0.1, -0.05) is 50.5 Å². The third kappa shape index (κ3) is 6.57. The molecule has 0 spiro atoms. The van der Waals surface area contributed by atoms with E-state index >= 15 is 0 Å². The Morgan fingerprint density at radius 3 is 2.59 bits per heavy atom. The molecular formula is C33H39N7O+2. The summed E-state index contributed by atoms with van der Waals surface area (Å²) in [4.78, 5) is 24.3. The Morgan fingerprint density at radius 2 is 1.85 bits per heavy atom. The number of allylic oxidation sites excluding steroid dienone is 1. The second-order valence-corrected chi connectivity index (χ2v) is 11.9. The molecule has 8 heteroatoms. The zero-order valence-corrected chi connectivity index (χ0v) is 25.0. The van der Waals surface area contributed by atoms with Gasteiger partial charge in [-0.3, -0.25) is 9.69 Å². The van der Waals surface area contributed by atoms with E-state index in [0.717, 1.165) is 61.8 Å². The highest BCUT2D eigenvalue weighted by Gasteiger charge is 2.35. The Bertz CT molecular complexity index is 1590. The number of likely N-dealkylation sites (N-methyl/N-ethyl adjacent to an activating group) is 1. The average Bonchev–Trinajstić information content (AvgIpc) is 3.36. The molecule has 8 nitrogen and oxygen atoms in total. The summed E-state index contributed by atoms with van der Waals surface area (Å²) in [5, 5.41) is 7.31. The summed E-state index contributed by atoms with van der Waals surface area (Å²) in [6, 6.07) is 11.9. The maximum absolute atomic E-state index is 13.4. The first-order chi connectivity index (χ1) is 19.6. The predicted molar refractivity (Wildman–Crippen MR) is 165 cm³/mol. The topological polar surface area (TPSA) is 79.4 Å². The fraction of sp³-hybridized carbons (Fsp3) is 0.394. The zero-order valence-electron chi connectivity index (χ0n) is 25.0. The van der Waals surface area contributed by atoms with E-state index in [2.05, 4.69) is 88.4 Å². The number of amidine groups is 1. The molecule has 1 fully saturated rings. The molecular weight excluding hydrogens is 510 g/mol. The van der Waals surface area contributed by atoms with Crippen molar-refractivity contribution in [3.8, 4) is 11.8 Å². The second-order valence-electron chi connectivity index (χ2n) is 11.9. The SMILES string of the molecule is CCC1=[N+]=CN2C(=C1)N=[N+]=C2C#Cc1cc(NC(=O)c2ccc(CN3CCN(C)CC3)c(C(C)(C)C)c2)ccc1C. The van der Waals surface area contributed by atoms with Crippen molar-refractivity contribution in [3.63, 3.8) is 0 Å². The van der Waals surface area contributed by atoms with Crippen LogP contribution in [0, 0.1) is 18.8 Å². The van der Waals surface area contributed by atoms with Gasteiger partial charge in [0.05, 0.1) is 11.2 Å². The fourth-order valence-corrected chi connectivity index (χ4v) is 5.07. The van der Waals surface area contributed by atoms with Gasteiger partial charge in [-0.15, -0.1) is 4.90 Å². The van der Waals surface area contributed by atoms with Crippen molar-refractivity contribution >= 4 is 29.5 Å². The lowest BCUT2D eigenvalue weighted by Crippen LogP contribution is -2.44. The summed E-state index contributed by atoms with van der Waals surface area (Å²) in [6.07, 6.45) is 4.47. The van der Waals surface area contributed by atoms with Crippen LogP contribution < -0.4 is 9.98 Å². The van der Waals surface area contributed by atoms with Gasteiger partial charge in [-0.25, -0.2) is 4.67 Å². The van der Waals surface area contributed by atoms with Crippen LogP contribution in [0.15, 0.2) is 53.4 Å². The maximum Gasteiger partial charge on any atom is 0.469 e. The maximum atomic E-state index is 13.4. The Kier molecular flexibility index (Phi) is 8.08. The molecule has 0 saturated carbocycles. The molecule has 0 unspecified atom stereocenters. The molecule has 0 bridgehead atoms. The summed E-state index contributed by atoms with van der Waals surface area (Å²) >= 11 is 0. The van der Waals surface area contributed by atoms with Gasteiger partial charge < -0.3 is 10.2 Å². The minimum atomic E-state index is -0.134. The highest BCUT2D eigenvalue weighted by Crippen LogP contribution is 2.29. The summed E-state index contributed by atoms with van der Waals surface area (Å²) in [6.45, 7) is 15.9. The van der Waals surface area contributed by atoms with Crippen molar-refractivity contribution in [1.29, 1.82) is 0 Å². The minimum absolute atomic E-state index is 0.0790. The lowest BCUT2D eigenvalue weighted by molar-refractivity contribution is -0.0718. The molecule has 0 aromatic heterocycles. The molecule has 0 radical (unpaired) electrons. The molecule has 2 aromatic carbocycles. The molecule has 0 atom stereocenters. The number of hydrogen-bond acceptors (Lipinski definition) is 5. The van der Waals surface area contributed by atoms with Gasteiger partial charge in [0.1, 0.15) is 0 Å². The summed E-state index contributed by atoms with van der Waals surface area (Å²) in [7, 11) is 2.17. The Morgan fingerprint density at radius 1 is 1.07 bits per heavy atom. The molecule has 3 aliphatic heterocycles. The summed E-state index contributed by atoms with van der Waals surface area (Å²) < 4.78 is 4.43. The van der Waals surface area contributed by atoms with Crippen molar-refractivity contribution in [2.45, 2.75) is 53.0 Å². The number of carbonyl (C=O) groups excluding carboxylic acids is 1. The Balaban J connectivity index is 1.32. The quantitative estimate of drug-likeness (QED) is 0.454. The van der Waals surface area contributed by atoms with Gasteiger partial charge in [-0.2, -0.15) is 0 Å². The van der Waals surface area contributed by atoms with Gasteiger partial charge in [0.25, 0.3) is 11.7 Å². The number of piperazine rings is 1. The molecule has 2 aromatic rings. The molecule has 41 heavy (non-hydrogen) atoms. The zero-order chi connectivity index (χ0) is 29.1. The van der Waals surface area contributed by atoms with E-state index in [4.69, 9.17) is 0 Å². The van der Waals surface area contributed by atoms with Gasteiger partial charge in [0.2, 0.25) is 5.71 Å². The van der Waals surface area contributed by atoms with E-state index in [-0.39, 0.29) is 11.3 Å². The first kappa shape index (κ1) is 28.3. The van der Waals surface area contributed by atoms with Crippen molar-refractivity contribution in [2.75, 3.05) is 38.5 Å². The van der Waals surface area contributed by atoms with Crippen molar-refractivity contribution in [2.24, 2.45) is 5.11 Å². The van der Waals surface area contributed by atoms with E-state index in [9.17, 15) is 4.79 Å². The van der Waals surface area contributed by atoms with Crippen LogP contribution in [0.1, 0.15) is 66.7 Å². The van der Waals surface area contributed by atoms with Crippen molar-refractivity contribution < 1.29 is 9.58 Å². The molecule has 3 heterocycles. The number of benzene rings is 2. The molecule has 1 N–H and O–H groups in total. The summed E-state index contributed by atoms with van der Waals surface area (Å²) in [5.41, 5.74) is 6.56. The van der Waals surface area contributed by atoms with Crippen LogP contribution in [0.4, 0.5) is 5.69 Å². The lowest BCUT2D eigenvalue weighted by Gasteiger charge is -2.34. The molecule has 0 aliphatic carbocycles. The van der Waals surface area contributed by atoms with Crippen molar-refractivity contribution in [1.82, 2.24) is 19.4 Å². The van der Waals surface area contributed by atoms with Gasteiger partial charge in [0.15, 0.2) is 0 Å². The van der Waals surface area contributed by atoms with E-state index in [0.29, 0.717) is 17.1 Å². The molecule has 3 aliphatic rings. The number of anilines is 1. The van der Waals surface area contributed by atoms with Crippen LogP contribution in [0.5, 0.6) is 0 Å². The van der Waals surface area contributed by atoms with E-state index in [1.165, 1.54) is 11.1 Å². The fourth-order valence-electron chi connectivity index (χ4n) is 5.07. The number of nitrogens with zero attached hydrogens (tertiary/aromatic N) is 6. The highest BCUT2D eigenvalue weighted by molar-refractivity contribution is 6.07. The standard InChI is InChI=1S/C33H38N7O/c1-7-27-20-31-37-36-30(40(31)22-34-27)13-11-24-18-28(12-8-23(24)2)35-32(41)25-9-10-26(29(19-25)33(3,4)5)21-39-16-14-38(6)15-17-39/h8-10,12,18-20,22H,7,14-17,21H2,1-6H3/q+1/p+1. The largest absolute Gasteiger partial charge is 0.469 e. The number of aryl methyl sites for hydroxylation is 1. The number of fused-ring (bicyclic) bond motifs is 1. The van der Waals surface area contributed by atoms with Crippen LogP contribution in [-0.4, -0.2) is 76.5 Å². The van der Waals surface area contributed by atoms with Crippen molar-refractivity contribution in [3.05, 3.63) is 76.1 Å². The smallest absolute Gasteiger partial charge is 0.322 e. The minimum Gasteiger partial charge on any atom is -0.322 e. The Hall–Kier alpha value is -4.24. The summed E-state index contributed by atoms with van der Waals surface area (Å²) in [5.74, 6) is 7.44. The predicted octanol–water partition coefficient (Wildman–Crippen LogP) is 3.82. The molecule has 210 valence electrons. The van der Waals surface area contributed by atoms with Gasteiger partial charge >= 0.3 is 12.2 Å². The van der Waals surface area contributed by atoms with Crippen LogP contribution in [0.2, 0.25) is 0 Å². The van der Waals surface area contributed by atoms with Crippen LogP contribution in [-0.2, 0) is 12.0 Å². The van der Waals surface area contributed by atoms with Crippen LogP contribution in [0.25, 0.3) is 0 Å².